The third-order valence-electron chi connectivity index (χ3n) is 3.22. The molecule has 22 heavy (non-hydrogen) atoms. The molecule has 2 amide bonds. The Balaban J connectivity index is 2.38. The summed E-state index contributed by atoms with van der Waals surface area (Å²) in [5, 5.41) is 6.06. The lowest BCUT2D eigenvalue weighted by Crippen LogP contribution is -2.34. The zero-order valence-corrected chi connectivity index (χ0v) is 14.5. The van der Waals surface area contributed by atoms with Gasteiger partial charge >= 0.3 is 0 Å². The molecule has 1 atom stereocenters. The van der Waals surface area contributed by atoms with E-state index < -0.39 is 0 Å². The van der Waals surface area contributed by atoms with Gasteiger partial charge in [0, 0.05) is 19.2 Å². The molecule has 1 unspecified atom stereocenters. The van der Waals surface area contributed by atoms with E-state index in [4.69, 9.17) is 4.52 Å². The normalized spacial score (nSPS) is 12.0. The number of hydrogen-bond donors (Lipinski definition) is 1. The van der Waals surface area contributed by atoms with Crippen molar-refractivity contribution in [3.05, 3.63) is 11.8 Å². The molecule has 1 rings (SSSR count). The van der Waals surface area contributed by atoms with Gasteiger partial charge in [0.05, 0.1) is 11.0 Å². The highest BCUT2D eigenvalue weighted by molar-refractivity contribution is 8.01. The second-order valence-corrected chi connectivity index (χ2v) is 6.42. The van der Waals surface area contributed by atoms with Crippen LogP contribution in [0.3, 0.4) is 0 Å². The molecule has 0 saturated carbocycles. The highest BCUT2D eigenvalue weighted by atomic mass is 32.2. The predicted octanol–water partition coefficient (Wildman–Crippen LogP) is 2.69. The molecule has 0 aromatic carbocycles. The minimum atomic E-state index is -0.328. The predicted molar refractivity (Wildman–Crippen MR) is 89.0 cm³/mol. The molecule has 0 spiro atoms. The number of rotatable bonds is 9. The van der Waals surface area contributed by atoms with Gasteiger partial charge in [0.1, 0.15) is 5.76 Å². The number of carbonyl (C=O) groups excluding carboxylic acids is 2. The molecule has 1 aromatic heterocycles. The molecule has 6 nitrogen and oxygen atoms in total. The van der Waals surface area contributed by atoms with E-state index in [0.717, 1.165) is 19.4 Å². The Morgan fingerprint density at radius 2 is 2.18 bits per heavy atom. The molecule has 1 heterocycles. The van der Waals surface area contributed by atoms with E-state index in [1.54, 1.807) is 19.9 Å². The van der Waals surface area contributed by atoms with Crippen molar-refractivity contribution in [3.63, 3.8) is 0 Å². The van der Waals surface area contributed by atoms with Gasteiger partial charge in [-0.15, -0.1) is 11.8 Å². The lowest BCUT2D eigenvalue weighted by atomic mass is 10.3. The van der Waals surface area contributed by atoms with Gasteiger partial charge in [-0.25, -0.2) is 0 Å². The number of hydrogen-bond acceptors (Lipinski definition) is 5. The summed E-state index contributed by atoms with van der Waals surface area (Å²) in [5.74, 6) is 1.25. The molecule has 124 valence electrons. The van der Waals surface area contributed by atoms with Crippen molar-refractivity contribution in [3.8, 4) is 0 Å². The van der Waals surface area contributed by atoms with Gasteiger partial charge in [-0.1, -0.05) is 18.5 Å². The first-order valence-electron chi connectivity index (χ1n) is 7.61. The van der Waals surface area contributed by atoms with Gasteiger partial charge in [-0.3, -0.25) is 9.59 Å². The highest BCUT2D eigenvalue weighted by Crippen LogP contribution is 2.15. The molecular formula is C15H25N3O3S. The number of thioether (sulfide) groups is 1. The summed E-state index contributed by atoms with van der Waals surface area (Å²) in [6, 6.07) is 1.66. The number of unbranched alkanes of at least 4 members (excludes halogenated alkanes) is 1. The van der Waals surface area contributed by atoms with Crippen LogP contribution in [0.2, 0.25) is 0 Å². The van der Waals surface area contributed by atoms with Crippen LogP contribution >= 0.6 is 11.8 Å². The zero-order valence-electron chi connectivity index (χ0n) is 13.7. The summed E-state index contributed by atoms with van der Waals surface area (Å²) in [6.45, 7) is 9.10. The average Bonchev–Trinajstić information content (AvgIpc) is 2.90. The largest absolute Gasteiger partial charge is 0.360 e. The molecule has 0 bridgehead atoms. The van der Waals surface area contributed by atoms with Gasteiger partial charge in [-0.2, -0.15) is 0 Å². The topological polar surface area (TPSA) is 75.4 Å². The molecule has 1 aromatic rings. The maximum absolute atomic E-state index is 12.1. The zero-order chi connectivity index (χ0) is 16.5. The Morgan fingerprint density at radius 1 is 1.45 bits per heavy atom. The lowest BCUT2D eigenvalue weighted by molar-refractivity contribution is -0.128. The fraction of sp³-hybridized carbons (Fsp3) is 0.667. The minimum Gasteiger partial charge on any atom is -0.360 e. The Bertz CT molecular complexity index is 490. The SMILES string of the molecule is CCCCN(CC)C(=O)CSC(C)C(=O)Nc1cc(C)on1. The van der Waals surface area contributed by atoms with Crippen molar-refractivity contribution in [2.75, 3.05) is 24.2 Å². The highest BCUT2D eigenvalue weighted by Gasteiger charge is 2.18. The molecule has 7 heteroatoms. The second-order valence-electron chi connectivity index (χ2n) is 5.09. The minimum absolute atomic E-state index is 0.0814. The fourth-order valence-corrected chi connectivity index (χ4v) is 2.61. The van der Waals surface area contributed by atoms with Gasteiger partial charge in [0.15, 0.2) is 5.82 Å². The van der Waals surface area contributed by atoms with Crippen molar-refractivity contribution in [1.82, 2.24) is 10.1 Å². The Kier molecular flexibility index (Phi) is 8.01. The second kappa shape index (κ2) is 9.50. The molecule has 0 radical (unpaired) electrons. The van der Waals surface area contributed by atoms with Gasteiger partial charge in [0.25, 0.3) is 0 Å². The Labute approximate surface area is 136 Å². The van der Waals surface area contributed by atoms with Crippen LogP contribution in [0.1, 0.15) is 39.4 Å². The van der Waals surface area contributed by atoms with E-state index in [1.165, 1.54) is 11.8 Å². The molecule has 0 fully saturated rings. The average molecular weight is 327 g/mol. The van der Waals surface area contributed by atoms with Crippen molar-refractivity contribution in [1.29, 1.82) is 0 Å². The van der Waals surface area contributed by atoms with Gasteiger partial charge in [-0.05, 0) is 27.2 Å². The summed E-state index contributed by atoms with van der Waals surface area (Å²) >= 11 is 1.33. The molecular weight excluding hydrogens is 302 g/mol. The van der Waals surface area contributed by atoms with E-state index in [-0.39, 0.29) is 17.1 Å². The van der Waals surface area contributed by atoms with Crippen molar-refractivity contribution in [2.45, 2.75) is 45.8 Å². The van der Waals surface area contributed by atoms with Crippen molar-refractivity contribution >= 4 is 29.4 Å². The first-order valence-corrected chi connectivity index (χ1v) is 8.66. The number of aryl methyl sites for hydroxylation is 1. The number of carbonyl (C=O) groups is 2. The first kappa shape index (κ1) is 18.5. The molecule has 0 aliphatic heterocycles. The monoisotopic (exact) mass is 327 g/mol. The van der Waals surface area contributed by atoms with Gasteiger partial charge in [0.2, 0.25) is 11.8 Å². The molecule has 1 N–H and O–H groups in total. The van der Waals surface area contributed by atoms with Crippen LogP contribution in [0.15, 0.2) is 10.6 Å². The number of amides is 2. The van der Waals surface area contributed by atoms with E-state index in [1.807, 2.05) is 11.8 Å². The van der Waals surface area contributed by atoms with Crippen LogP contribution in [0, 0.1) is 6.92 Å². The van der Waals surface area contributed by atoms with Crippen molar-refractivity contribution in [2.24, 2.45) is 0 Å². The van der Waals surface area contributed by atoms with Crippen LogP contribution < -0.4 is 5.32 Å². The third-order valence-corrected chi connectivity index (χ3v) is 4.35. The number of nitrogens with zero attached hydrogens (tertiary/aromatic N) is 2. The molecule has 0 aliphatic rings. The van der Waals surface area contributed by atoms with Crippen LogP contribution in [-0.4, -0.2) is 46.0 Å². The quantitative estimate of drug-likeness (QED) is 0.755. The Morgan fingerprint density at radius 3 is 2.73 bits per heavy atom. The molecule has 0 aliphatic carbocycles. The van der Waals surface area contributed by atoms with Crippen LogP contribution in [-0.2, 0) is 9.59 Å². The number of aromatic nitrogens is 1. The maximum Gasteiger partial charge on any atom is 0.238 e. The van der Waals surface area contributed by atoms with Crippen molar-refractivity contribution < 1.29 is 14.1 Å². The lowest BCUT2D eigenvalue weighted by Gasteiger charge is -2.21. The fourth-order valence-electron chi connectivity index (χ4n) is 1.82. The first-order chi connectivity index (χ1) is 10.5. The maximum atomic E-state index is 12.1. The summed E-state index contributed by atoms with van der Waals surface area (Å²) in [6.07, 6.45) is 2.07. The molecule has 0 saturated heterocycles. The van der Waals surface area contributed by atoms with E-state index in [9.17, 15) is 9.59 Å². The number of anilines is 1. The van der Waals surface area contributed by atoms with Crippen LogP contribution in [0.5, 0.6) is 0 Å². The summed E-state index contributed by atoms with van der Waals surface area (Å²) < 4.78 is 4.89. The third kappa shape index (κ3) is 6.09. The van der Waals surface area contributed by atoms with Crippen LogP contribution in [0.25, 0.3) is 0 Å². The van der Waals surface area contributed by atoms with E-state index in [0.29, 0.717) is 23.9 Å². The Hall–Kier alpha value is -1.50. The number of nitrogens with one attached hydrogen (secondary N) is 1. The van der Waals surface area contributed by atoms with E-state index >= 15 is 0 Å². The summed E-state index contributed by atoms with van der Waals surface area (Å²) in [5.41, 5.74) is 0. The summed E-state index contributed by atoms with van der Waals surface area (Å²) in [7, 11) is 0. The smallest absolute Gasteiger partial charge is 0.238 e. The van der Waals surface area contributed by atoms with Crippen LogP contribution in [0.4, 0.5) is 5.82 Å². The standard InChI is InChI=1S/C15H25N3O3S/c1-5-7-8-18(6-2)14(19)10-22-12(4)15(20)16-13-9-11(3)21-17-13/h9,12H,5-8,10H2,1-4H3,(H,16,17,20). The summed E-state index contributed by atoms with van der Waals surface area (Å²) in [4.78, 5) is 26.0. The van der Waals surface area contributed by atoms with E-state index in [2.05, 4.69) is 17.4 Å². The van der Waals surface area contributed by atoms with Gasteiger partial charge < -0.3 is 14.7 Å².